The topological polar surface area (TPSA) is 280 Å². The molecule has 19 nitrogen and oxygen atoms in total. The molecule has 0 aliphatic carbocycles. The van der Waals surface area contributed by atoms with Crippen molar-refractivity contribution in [3.63, 3.8) is 0 Å². The summed E-state index contributed by atoms with van der Waals surface area (Å²) in [5.74, 6) is 0.0887. The van der Waals surface area contributed by atoms with Crippen molar-refractivity contribution >= 4 is 47.4 Å². The van der Waals surface area contributed by atoms with Crippen molar-refractivity contribution in [1.29, 1.82) is 0 Å². The number of rotatable bonds is 8. The van der Waals surface area contributed by atoms with Crippen LogP contribution in [0.5, 0.6) is 0 Å². The van der Waals surface area contributed by atoms with Gasteiger partial charge in [-0.2, -0.15) is 0 Å². The number of fused-ring (bicyclic) bond motifs is 1. The van der Waals surface area contributed by atoms with E-state index in [1.165, 1.54) is 17.2 Å². The summed E-state index contributed by atoms with van der Waals surface area (Å²) in [6, 6.07) is 0. The average Bonchev–Trinajstić information content (AvgIpc) is 3.55. The zero-order chi connectivity index (χ0) is 28.9. The van der Waals surface area contributed by atoms with Crippen LogP contribution in [0.1, 0.15) is 12.5 Å². The smallest absolute Gasteiger partial charge is 0.387 e. The van der Waals surface area contributed by atoms with Crippen molar-refractivity contribution in [3.8, 4) is 0 Å². The van der Waals surface area contributed by atoms with Gasteiger partial charge in [-0.05, 0) is 22.6 Å². The fourth-order valence-corrected chi connectivity index (χ4v) is 5.45. The highest BCUT2D eigenvalue weighted by Crippen LogP contribution is 2.45. The maximum absolute atomic E-state index is 12.5. The van der Waals surface area contributed by atoms with E-state index in [9.17, 15) is 39.5 Å². The molecule has 0 saturated carbocycles. The summed E-state index contributed by atoms with van der Waals surface area (Å²) in [5, 5.41) is 41.6. The van der Waals surface area contributed by atoms with E-state index in [1.807, 2.05) is 4.98 Å². The average molecular weight is 699 g/mol. The summed E-state index contributed by atoms with van der Waals surface area (Å²) in [6.45, 7) is -1.45. The maximum Gasteiger partial charge on any atom is 0.472 e. The summed E-state index contributed by atoms with van der Waals surface area (Å²) in [4.78, 5) is 47.8. The lowest BCUT2D eigenvalue weighted by molar-refractivity contribution is -0.0627. The number of nitrogen functional groups attached to an aromatic ring is 1. The number of phosphoric acid groups is 1. The Kier molecular flexibility index (Phi) is 8.11. The number of nitrogens with one attached hydrogen (secondary N) is 1. The molecular weight excluding hydrogens is 676 g/mol. The summed E-state index contributed by atoms with van der Waals surface area (Å²) in [6.07, 6.45) is -8.03. The van der Waals surface area contributed by atoms with Gasteiger partial charge in [0.2, 0.25) is 0 Å². The number of aromatic amines is 1. The number of nitrogens with two attached hydrogens (primary N) is 1. The van der Waals surface area contributed by atoms with Gasteiger partial charge in [-0.25, -0.2) is 24.3 Å². The molecule has 2 aliphatic rings. The third-order valence-electron chi connectivity index (χ3n) is 6.34. The summed E-state index contributed by atoms with van der Waals surface area (Å²) >= 11 is 1.66. The molecule has 5 rings (SSSR count). The largest absolute Gasteiger partial charge is 0.472 e. The highest BCUT2D eigenvalue weighted by molar-refractivity contribution is 14.1. The van der Waals surface area contributed by atoms with E-state index in [2.05, 4.69) is 15.0 Å². The third kappa shape index (κ3) is 5.44. The van der Waals surface area contributed by atoms with Crippen molar-refractivity contribution in [2.24, 2.45) is 0 Å². The molecule has 40 heavy (non-hydrogen) atoms. The van der Waals surface area contributed by atoms with Crippen LogP contribution in [0.25, 0.3) is 11.2 Å². The van der Waals surface area contributed by atoms with Crippen LogP contribution >= 0.6 is 30.4 Å². The van der Waals surface area contributed by atoms with E-state index in [0.717, 1.165) is 10.8 Å². The Balaban J connectivity index is 1.19. The van der Waals surface area contributed by atoms with Gasteiger partial charge in [-0.1, -0.05) is 0 Å². The molecular formula is C19H23IN7O12P. The number of hydrogen-bond donors (Lipinski definition) is 7. The number of aliphatic hydroxyl groups excluding tert-OH is 4. The van der Waals surface area contributed by atoms with Gasteiger partial charge in [-0.3, -0.25) is 28.0 Å². The molecule has 8 N–H and O–H groups in total. The zero-order valence-corrected chi connectivity index (χ0v) is 23.0. The Morgan fingerprint density at radius 1 is 0.975 bits per heavy atom. The van der Waals surface area contributed by atoms with Crippen molar-refractivity contribution in [2.75, 3.05) is 18.9 Å². The molecule has 218 valence electrons. The second-order valence-electron chi connectivity index (χ2n) is 8.88. The molecule has 2 saturated heterocycles. The predicted molar refractivity (Wildman–Crippen MR) is 137 cm³/mol. The number of imidazole rings is 1. The van der Waals surface area contributed by atoms with Crippen molar-refractivity contribution in [3.05, 3.63) is 43.3 Å². The molecule has 2 aliphatic heterocycles. The second-order valence-corrected chi connectivity index (χ2v) is 11.5. The lowest BCUT2D eigenvalue weighted by atomic mass is 10.1. The summed E-state index contributed by atoms with van der Waals surface area (Å²) < 4.78 is 35.6. The minimum Gasteiger partial charge on any atom is -0.387 e. The van der Waals surface area contributed by atoms with E-state index in [4.69, 9.17) is 24.3 Å². The van der Waals surface area contributed by atoms with E-state index in [0.29, 0.717) is 0 Å². The number of aromatic nitrogens is 6. The standard InChI is InChI=1S/C19H23IN7O12P/c20-6-1-26(19(33)25-16(6)32)17-12(30)10(28)7(38-17)2-36-40(34,35)37-3-8-11(29)13(31)18(39-8)27-5-24-9-14(21)22-4-23-15(9)27/h1,4-5,7-8,10-13,17-18,28-31H,2-3H2,(H,34,35)(H2,21,22,23)(H,25,32,33)/t7-,8-,10-,11-,12-,13-,17-,18-/m1/s1. The Morgan fingerprint density at radius 3 is 2.15 bits per heavy atom. The van der Waals surface area contributed by atoms with Gasteiger partial charge in [-0.15, -0.1) is 0 Å². The Hall–Kier alpha value is -2.37. The molecule has 0 amide bonds. The molecule has 2 fully saturated rings. The lowest BCUT2D eigenvalue weighted by Gasteiger charge is -2.20. The fraction of sp³-hybridized carbons (Fsp3) is 0.526. The van der Waals surface area contributed by atoms with Gasteiger partial charge in [0.15, 0.2) is 23.9 Å². The first-order valence-electron chi connectivity index (χ1n) is 11.5. The van der Waals surface area contributed by atoms with Gasteiger partial charge in [0.05, 0.1) is 23.1 Å². The zero-order valence-electron chi connectivity index (χ0n) is 20.0. The van der Waals surface area contributed by atoms with Crippen LogP contribution in [-0.2, 0) is 23.1 Å². The molecule has 0 spiro atoms. The number of aliphatic hydroxyl groups is 4. The quantitative estimate of drug-likeness (QED) is 0.0908. The predicted octanol–water partition coefficient (Wildman–Crippen LogP) is -3.06. The molecule has 3 aromatic heterocycles. The van der Waals surface area contributed by atoms with Gasteiger partial charge in [0.1, 0.15) is 48.5 Å². The number of ether oxygens (including phenoxy) is 2. The van der Waals surface area contributed by atoms with Gasteiger partial charge >= 0.3 is 13.5 Å². The number of phosphoric ester groups is 1. The molecule has 0 radical (unpaired) electrons. The SMILES string of the molecule is Nc1ncnc2c1ncn2[C@@H]1O[C@H](COP(=O)(O)OC[C@H]2O[C@@H](n3cc(I)c(=O)[nH]c3=O)[C@H](O)[C@@H]2O)[C@@H](O)[C@H]1O. The van der Waals surface area contributed by atoms with Crippen LogP contribution in [0.4, 0.5) is 5.82 Å². The fourth-order valence-electron chi connectivity index (χ4n) is 4.27. The second kappa shape index (κ2) is 11.1. The van der Waals surface area contributed by atoms with Gasteiger partial charge in [0, 0.05) is 6.20 Å². The van der Waals surface area contributed by atoms with Crippen LogP contribution in [-0.4, -0.2) is 104 Å². The van der Waals surface area contributed by atoms with Crippen LogP contribution < -0.4 is 17.0 Å². The first-order chi connectivity index (χ1) is 18.9. The normalized spacial score (nSPS) is 32.0. The minimum atomic E-state index is -4.85. The van der Waals surface area contributed by atoms with Crippen molar-refractivity contribution < 1.29 is 48.4 Å². The number of hydrogen-bond acceptors (Lipinski definition) is 15. The van der Waals surface area contributed by atoms with Crippen LogP contribution in [0.2, 0.25) is 0 Å². The van der Waals surface area contributed by atoms with E-state index >= 15 is 0 Å². The van der Waals surface area contributed by atoms with Gasteiger partial charge < -0.3 is 40.5 Å². The highest BCUT2D eigenvalue weighted by Gasteiger charge is 2.47. The van der Waals surface area contributed by atoms with E-state index in [1.54, 1.807) is 22.6 Å². The molecule has 3 aromatic rings. The third-order valence-corrected chi connectivity index (χ3v) is 8.06. The van der Waals surface area contributed by atoms with Crippen LogP contribution in [0.15, 0.2) is 28.4 Å². The molecule has 1 unspecified atom stereocenters. The number of halogens is 1. The van der Waals surface area contributed by atoms with Crippen LogP contribution in [0.3, 0.4) is 0 Å². The maximum atomic E-state index is 12.5. The summed E-state index contributed by atoms with van der Waals surface area (Å²) in [5.41, 5.74) is 4.66. The Labute approximate surface area is 235 Å². The monoisotopic (exact) mass is 699 g/mol. The Morgan fingerprint density at radius 2 is 1.55 bits per heavy atom. The molecule has 21 heteroatoms. The minimum absolute atomic E-state index is 0.0887. The van der Waals surface area contributed by atoms with E-state index in [-0.39, 0.29) is 20.6 Å². The van der Waals surface area contributed by atoms with Gasteiger partial charge in [0.25, 0.3) is 5.56 Å². The first-order valence-corrected chi connectivity index (χ1v) is 14.0. The molecule has 9 atom stereocenters. The molecule has 0 aromatic carbocycles. The molecule has 5 heterocycles. The molecule has 0 bridgehead atoms. The number of nitrogens with zero attached hydrogens (tertiary/aromatic N) is 5. The number of H-pyrrole nitrogens is 1. The number of anilines is 1. The Bertz CT molecular complexity index is 1570. The van der Waals surface area contributed by atoms with E-state index < -0.39 is 81.4 Å². The van der Waals surface area contributed by atoms with Crippen molar-refractivity contribution in [2.45, 2.75) is 49.1 Å². The first kappa shape index (κ1) is 29.1. The van der Waals surface area contributed by atoms with Crippen molar-refractivity contribution in [1.82, 2.24) is 29.1 Å². The highest BCUT2D eigenvalue weighted by atomic mass is 127. The van der Waals surface area contributed by atoms with Crippen LogP contribution in [0, 0.1) is 3.57 Å². The lowest BCUT2D eigenvalue weighted by Crippen LogP contribution is -2.38. The summed E-state index contributed by atoms with van der Waals surface area (Å²) in [7, 11) is -4.85.